The third-order valence-corrected chi connectivity index (χ3v) is 5.36. The van der Waals surface area contributed by atoms with Gasteiger partial charge in [0.2, 0.25) is 0 Å². The fraction of sp³-hybridized carbons (Fsp3) is 0.812. The Hall–Kier alpha value is -0.390. The Morgan fingerprint density at radius 2 is 2.24 bits per heavy atom. The van der Waals surface area contributed by atoms with Crippen molar-refractivity contribution >= 4 is 15.9 Å². The molecular weight excluding hydrogens is 332 g/mol. The van der Waals surface area contributed by atoms with Crippen molar-refractivity contribution in [2.45, 2.75) is 58.1 Å². The van der Waals surface area contributed by atoms with Crippen molar-refractivity contribution in [3.8, 4) is 0 Å². The summed E-state index contributed by atoms with van der Waals surface area (Å²) < 4.78 is 7.94. The molecular formula is C16H27BrN2O2. The van der Waals surface area contributed by atoms with Crippen molar-refractivity contribution in [2.24, 2.45) is 11.8 Å². The molecule has 2 atom stereocenters. The van der Waals surface area contributed by atoms with Crippen LogP contribution >= 0.6 is 15.9 Å². The smallest absolute Gasteiger partial charge is 0.107 e. The van der Waals surface area contributed by atoms with Crippen LogP contribution in [0.5, 0.6) is 0 Å². The van der Waals surface area contributed by atoms with Crippen LogP contribution in [0.2, 0.25) is 0 Å². The molecule has 0 saturated heterocycles. The summed E-state index contributed by atoms with van der Waals surface area (Å²) in [6.07, 6.45) is 6.77. The van der Waals surface area contributed by atoms with E-state index in [1.165, 1.54) is 6.42 Å². The summed E-state index contributed by atoms with van der Waals surface area (Å²) in [6, 6.07) is 0. The lowest BCUT2D eigenvalue weighted by molar-refractivity contribution is 0.00848. The van der Waals surface area contributed by atoms with Gasteiger partial charge in [-0.15, -0.1) is 0 Å². The second-order valence-electron chi connectivity index (χ2n) is 6.52. The molecule has 0 aliphatic heterocycles. The van der Waals surface area contributed by atoms with Crippen LogP contribution in [0.1, 0.15) is 51.6 Å². The standard InChI is InChI=1S/C16H27BrN2O2/c1-12(2)13-5-4-7-16(20,8-6-13)15-14(17)11-18-19(15)9-10-21-3/h11-13,20H,4-10H2,1-3H3. The predicted octanol–water partition coefficient (Wildman–Crippen LogP) is 3.72. The first-order valence-corrected chi connectivity index (χ1v) is 8.70. The molecule has 1 aromatic heterocycles. The van der Waals surface area contributed by atoms with Crippen molar-refractivity contribution in [2.75, 3.05) is 13.7 Å². The largest absolute Gasteiger partial charge is 0.384 e. The van der Waals surface area contributed by atoms with Gasteiger partial charge in [-0.3, -0.25) is 4.68 Å². The first-order valence-electron chi connectivity index (χ1n) is 7.91. The number of ether oxygens (including phenoxy) is 1. The maximum absolute atomic E-state index is 11.2. The minimum Gasteiger partial charge on any atom is -0.384 e. The quantitative estimate of drug-likeness (QED) is 0.816. The Bertz CT molecular complexity index is 461. The van der Waals surface area contributed by atoms with Gasteiger partial charge in [-0.25, -0.2) is 0 Å². The Labute approximate surface area is 136 Å². The van der Waals surface area contributed by atoms with Crippen LogP contribution in [0.4, 0.5) is 0 Å². The van der Waals surface area contributed by atoms with Crippen molar-refractivity contribution in [3.05, 3.63) is 16.4 Å². The van der Waals surface area contributed by atoms with Crippen molar-refractivity contribution < 1.29 is 9.84 Å². The molecule has 21 heavy (non-hydrogen) atoms. The van der Waals surface area contributed by atoms with Crippen LogP contribution in [0.25, 0.3) is 0 Å². The zero-order chi connectivity index (χ0) is 15.5. The molecule has 2 unspecified atom stereocenters. The Balaban J connectivity index is 2.21. The van der Waals surface area contributed by atoms with Gasteiger partial charge in [0, 0.05) is 7.11 Å². The van der Waals surface area contributed by atoms with E-state index in [1.807, 2.05) is 4.68 Å². The van der Waals surface area contributed by atoms with Gasteiger partial charge in [-0.2, -0.15) is 5.10 Å². The maximum Gasteiger partial charge on any atom is 0.107 e. The van der Waals surface area contributed by atoms with Gasteiger partial charge in [0.15, 0.2) is 0 Å². The minimum atomic E-state index is -0.771. The molecule has 120 valence electrons. The SMILES string of the molecule is COCCn1ncc(Br)c1C1(O)CCCC(C(C)C)CC1. The molecule has 1 heterocycles. The van der Waals surface area contributed by atoms with E-state index in [2.05, 4.69) is 34.9 Å². The van der Waals surface area contributed by atoms with Crippen LogP contribution in [0.15, 0.2) is 10.7 Å². The molecule has 1 aliphatic carbocycles. The van der Waals surface area contributed by atoms with Gasteiger partial charge >= 0.3 is 0 Å². The number of hydrogen-bond donors (Lipinski definition) is 1. The van der Waals surface area contributed by atoms with Crippen molar-refractivity contribution in [1.82, 2.24) is 9.78 Å². The number of nitrogens with zero attached hydrogens (tertiary/aromatic N) is 2. The van der Waals surface area contributed by atoms with Gasteiger partial charge in [-0.05, 0) is 53.4 Å². The molecule has 1 N–H and O–H groups in total. The van der Waals surface area contributed by atoms with E-state index >= 15 is 0 Å². The third-order valence-electron chi connectivity index (χ3n) is 4.78. The highest BCUT2D eigenvalue weighted by Crippen LogP contribution is 2.42. The molecule has 1 aromatic rings. The summed E-state index contributed by atoms with van der Waals surface area (Å²) in [7, 11) is 1.69. The highest BCUT2D eigenvalue weighted by molar-refractivity contribution is 9.10. The number of halogens is 1. The molecule has 0 radical (unpaired) electrons. The van der Waals surface area contributed by atoms with Crippen LogP contribution < -0.4 is 0 Å². The lowest BCUT2D eigenvalue weighted by Gasteiger charge is -2.28. The average molecular weight is 359 g/mol. The highest BCUT2D eigenvalue weighted by atomic mass is 79.9. The van der Waals surface area contributed by atoms with E-state index < -0.39 is 5.60 Å². The van der Waals surface area contributed by atoms with Crippen LogP contribution in [0, 0.1) is 11.8 Å². The Morgan fingerprint density at radius 3 is 2.90 bits per heavy atom. The monoisotopic (exact) mass is 358 g/mol. The zero-order valence-corrected chi connectivity index (χ0v) is 14.9. The van der Waals surface area contributed by atoms with E-state index in [4.69, 9.17) is 4.74 Å². The van der Waals surface area contributed by atoms with Gasteiger partial charge in [0.1, 0.15) is 5.60 Å². The molecule has 0 amide bonds. The molecule has 0 spiro atoms. The third kappa shape index (κ3) is 3.88. The summed E-state index contributed by atoms with van der Waals surface area (Å²) in [5.41, 5.74) is 0.149. The molecule has 4 nitrogen and oxygen atoms in total. The summed E-state index contributed by atoms with van der Waals surface area (Å²) in [6.45, 7) is 5.85. The topological polar surface area (TPSA) is 47.3 Å². The lowest BCUT2D eigenvalue weighted by Crippen LogP contribution is -2.30. The van der Waals surface area contributed by atoms with E-state index in [1.54, 1.807) is 13.3 Å². The minimum absolute atomic E-state index is 0.603. The fourth-order valence-corrected chi connectivity index (χ4v) is 4.09. The lowest BCUT2D eigenvalue weighted by atomic mass is 9.87. The average Bonchev–Trinajstić information content (AvgIpc) is 2.69. The number of hydrogen-bond acceptors (Lipinski definition) is 3. The molecule has 1 aliphatic rings. The highest BCUT2D eigenvalue weighted by Gasteiger charge is 2.37. The number of rotatable bonds is 5. The van der Waals surface area contributed by atoms with Gasteiger partial charge in [0.05, 0.1) is 29.5 Å². The second-order valence-corrected chi connectivity index (χ2v) is 7.38. The van der Waals surface area contributed by atoms with Crippen LogP contribution in [0.3, 0.4) is 0 Å². The van der Waals surface area contributed by atoms with Crippen LogP contribution in [-0.4, -0.2) is 28.6 Å². The number of methoxy groups -OCH3 is 1. The van der Waals surface area contributed by atoms with E-state index in [0.29, 0.717) is 25.0 Å². The first-order chi connectivity index (χ1) is 9.98. The summed E-state index contributed by atoms with van der Waals surface area (Å²) in [4.78, 5) is 0. The van der Waals surface area contributed by atoms with E-state index in [0.717, 1.165) is 35.8 Å². The summed E-state index contributed by atoms with van der Waals surface area (Å²) in [5, 5.41) is 15.6. The van der Waals surface area contributed by atoms with Crippen molar-refractivity contribution in [1.29, 1.82) is 0 Å². The molecule has 5 heteroatoms. The van der Waals surface area contributed by atoms with Gasteiger partial charge in [-0.1, -0.05) is 20.3 Å². The van der Waals surface area contributed by atoms with E-state index in [9.17, 15) is 5.11 Å². The van der Waals surface area contributed by atoms with Gasteiger partial charge < -0.3 is 9.84 Å². The molecule has 1 fully saturated rings. The van der Waals surface area contributed by atoms with E-state index in [-0.39, 0.29) is 0 Å². The molecule has 1 saturated carbocycles. The Kier molecular flexibility index (Phi) is 5.86. The maximum atomic E-state index is 11.2. The predicted molar refractivity (Wildman–Crippen MR) is 87.1 cm³/mol. The fourth-order valence-electron chi connectivity index (χ4n) is 3.43. The first kappa shape index (κ1) is 17.0. The number of aliphatic hydroxyl groups is 1. The normalized spacial score (nSPS) is 27.0. The summed E-state index contributed by atoms with van der Waals surface area (Å²) in [5.74, 6) is 1.40. The van der Waals surface area contributed by atoms with Crippen molar-refractivity contribution in [3.63, 3.8) is 0 Å². The zero-order valence-electron chi connectivity index (χ0n) is 13.3. The molecule has 0 bridgehead atoms. The van der Waals surface area contributed by atoms with Crippen LogP contribution in [-0.2, 0) is 16.9 Å². The number of aromatic nitrogens is 2. The second kappa shape index (κ2) is 7.25. The molecule has 2 rings (SSSR count). The van der Waals surface area contributed by atoms with Gasteiger partial charge in [0.25, 0.3) is 0 Å². The summed E-state index contributed by atoms with van der Waals surface area (Å²) >= 11 is 3.57. The Morgan fingerprint density at radius 1 is 1.48 bits per heavy atom. The molecule has 0 aromatic carbocycles.